The fraction of sp³-hybridized carbons (Fsp3) is 0.500. The minimum atomic E-state index is -0.886. The molecule has 0 radical (unpaired) electrons. The van der Waals surface area contributed by atoms with Crippen molar-refractivity contribution >= 4 is 11.6 Å². The zero-order chi connectivity index (χ0) is 17.0. The van der Waals surface area contributed by atoms with E-state index < -0.39 is 5.60 Å². The van der Waals surface area contributed by atoms with E-state index >= 15 is 0 Å². The molecule has 0 spiro atoms. The second-order valence-corrected chi connectivity index (χ2v) is 5.54. The van der Waals surface area contributed by atoms with E-state index in [1.807, 2.05) is 20.8 Å². The van der Waals surface area contributed by atoms with Crippen molar-refractivity contribution in [1.82, 2.24) is 0 Å². The molecule has 5 nitrogen and oxygen atoms in total. The summed E-state index contributed by atoms with van der Waals surface area (Å²) in [6, 6.07) is 3.54. The Hall–Kier alpha value is -2.01. The number of fused-ring (bicyclic) bond motifs is 1. The molecule has 0 saturated carbocycles. The zero-order valence-electron chi connectivity index (χ0n) is 14.1. The van der Waals surface area contributed by atoms with E-state index in [4.69, 9.17) is 9.47 Å². The third-order valence-corrected chi connectivity index (χ3v) is 4.25. The summed E-state index contributed by atoms with van der Waals surface area (Å²) in [5.74, 6) is 1.04. The third-order valence-electron chi connectivity index (χ3n) is 4.25. The number of nitrogens with zero attached hydrogens (tertiary/aromatic N) is 1. The lowest BCUT2D eigenvalue weighted by Crippen LogP contribution is -2.55. The van der Waals surface area contributed by atoms with Gasteiger partial charge in [-0.05, 0) is 37.5 Å². The van der Waals surface area contributed by atoms with Crippen molar-refractivity contribution in [2.75, 3.05) is 18.1 Å². The Balaban J connectivity index is 2.66. The predicted octanol–water partition coefficient (Wildman–Crippen LogP) is 3.05. The minimum absolute atomic E-state index is 0.0764. The highest BCUT2D eigenvalue weighted by Crippen LogP contribution is 2.47. The first-order valence-corrected chi connectivity index (χ1v) is 8.09. The van der Waals surface area contributed by atoms with E-state index in [-0.39, 0.29) is 12.5 Å². The summed E-state index contributed by atoms with van der Waals surface area (Å²) in [4.78, 5) is 14.6. The SMILES string of the molecule is C=CCN1C(=O)C(CC)(CC)Oc2c(OCC)cc(CO)cc21. The number of carbonyl (C=O) groups is 1. The molecule has 1 amide bonds. The van der Waals surface area contributed by atoms with Crippen molar-refractivity contribution in [2.24, 2.45) is 0 Å². The van der Waals surface area contributed by atoms with Crippen LogP contribution in [0.5, 0.6) is 11.5 Å². The highest BCUT2D eigenvalue weighted by atomic mass is 16.5. The zero-order valence-corrected chi connectivity index (χ0v) is 14.1. The van der Waals surface area contributed by atoms with Gasteiger partial charge in [0.2, 0.25) is 0 Å². The van der Waals surface area contributed by atoms with E-state index in [1.165, 1.54) is 0 Å². The molecule has 5 heteroatoms. The predicted molar refractivity (Wildman–Crippen MR) is 90.0 cm³/mol. The van der Waals surface area contributed by atoms with Crippen molar-refractivity contribution < 1.29 is 19.4 Å². The van der Waals surface area contributed by atoms with Crippen molar-refractivity contribution in [1.29, 1.82) is 0 Å². The van der Waals surface area contributed by atoms with Gasteiger partial charge in [-0.1, -0.05) is 19.9 Å². The molecule has 1 aromatic carbocycles. The average molecular weight is 319 g/mol. The van der Waals surface area contributed by atoms with Gasteiger partial charge >= 0.3 is 0 Å². The Labute approximate surface area is 137 Å². The van der Waals surface area contributed by atoms with Crippen LogP contribution in [-0.4, -0.2) is 29.8 Å². The Morgan fingerprint density at radius 2 is 2.04 bits per heavy atom. The molecule has 0 atom stereocenters. The quantitative estimate of drug-likeness (QED) is 0.785. The number of ether oxygens (including phenoxy) is 2. The summed E-state index contributed by atoms with van der Waals surface area (Å²) in [5.41, 5.74) is 0.420. The third kappa shape index (κ3) is 2.93. The molecule has 23 heavy (non-hydrogen) atoms. The Bertz CT molecular complexity index is 593. The number of anilines is 1. The van der Waals surface area contributed by atoms with E-state index in [2.05, 4.69) is 6.58 Å². The number of carbonyl (C=O) groups excluding carboxylic acids is 1. The van der Waals surface area contributed by atoms with Gasteiger partial charge in [-0.2, -0.15) is 0 Å². The largest absolute Gasteiger partial charge is 0.490 e. The van der Waals surface area contributed by atoms with Gasteiger partial charge in [0.25, 0.3) is 5.91 Å². The molecule has 0 bridgehead atoms. The highest BCUT2D eigenvalue weighted by Gasteiger charge is 2.46. The van der Waals surface area contributed by atoms with Crippen LogP contribution in [0.2, 0.25) is 0 Å². The van der Waals surface area contributed by atoms with E-state index in [1.54, 1.807) is 23.1 Å². The normalized spacial score (nSPS) is 15.8. The van der Waals surface area contributed by atoms with Gasteiger partial charge in [-0.3, -0.25) is 4.79 Å². The second-order valence-electron chi connectivity index (χ2n) is 5.54. The maximum absolute atomic E-state index is 13.0. The van der Waals surface area contributed by atoms with E-state index in [0.29, 0.717) is 48.7 Å². The molecular weight excluding hydrogens is 294 g/mol. The molecule has 0 aliphatic carbocycles. The van der Waals surface area contributed by atoms with Crippen LogP contribution in [0.1, 0.15) is 39.2 Å². The molecule has 0 unspecified atom stereocenters. The molecule has 1 aliphatic heterocycles. The molecule has 1 heterocycles. The topological polar surface area (TPSA) is 59.0 Å². The van der Waals surface area contributed by atoms with Crippen LogP contribution in [0.25, 0.3) is 0 Å². The number of hydrogen-bond donors (Lipinski definition) is 1. The van der Waals surface area contributed by atoms with Crippen LogP contribution >= 0.6 is 0 Å². The maximum atomic E-state index is 13.0. The van der Waals surface area contributed by atoms with Crippen molar-refractivity contribution in [3.05, 3.63) is 30.4 Å². The maximum Gasteiger partial charge on any atom is 0.271 e. The second kappa shape index (κ2) is 7.04. The van der Waals surface area contributed by atoms with E-state index in [9.17, 15) is 9.90 Å². The van der Waals surface area contributed by atoms with Gasteiger partial charge in [-0.25, -0.2) is 0 Å². The smallest absolute Gasteiger partial charge is 0.271 e. The molecule has 0 fully saturated rings. The van der Waals surface area contributed by atoms with Crippen molar-refractivity contribution in [3.8, 4) is 11.5 Å². The first-order chi connectivity index (χ1) is 11.1. The first-order valence-electron chi connectivity index (χ1n) is 8.09. The van der Waals surface area contributed by atoms with Crippen molar-refractivity contribution in [3.63, 3.8) is 0 Å². The van der Waals surface area contributed by atoms with Crippen LogP contribution in [0.4, 0.5) is 5.69 Å². The average Bonchev–Trinajstić information content (AvgIpc) is 2.57. The van der Waals surface area contributed by atoms with Crippen LogP contribution < -0.4 is 14.4 Å². The highest BCUT2D eigenvalue weighted by molar-refractivity contribution is 6.03. The molecule has 0 saturated heterocycles. The number of benzene rings is 1. The Kier molecular flexibility index (Phi) is 5.31. The van der Waals surface area contributed by atoms with Gasteiger partial charge in [0.15, 0.2) is 17.1 Å². The summed E-state index contributed by atoms with van der Waals surface area (Å²) >= 11 is 0. The van der Waals surface area contributed by atoms with E-state index in [0.717, 1.165) is 0 Å². The monoisotopic (exact) mass is 319 g/mol. The lowest BCUT2D eigenvalue weighted by atomic mass is 9.92. The molecule has 1 aliphatic rings. The molecule has 1 N–H and O–H groups in total. The van der Waals surface area contributed by atoms with Gasteiger partial charge in [0.1, 0.15) is 0 Å². The summed E-state index contributed by atoms with van der Waals surface area (Å²) in [6.45, 7) is 10.3. The van der Waals surface area contributed by atoms with Crippen LogP contribution in [0, 0.1) is 0 Å². The molecular formula is C18H25NO4. The number of hydrogen-bond acceptors (Lipinski definition) is 4. The lowest BCUT2D eigenvalue weighted by Gasteiger charge is -2.42. The first kappa shape index (κ1) is 17.3. The lowest BCUT2D eigenvalue weighted by molar-refractivity contribution is -0.136. The van der Waals surface area contributed by atoms with Gasteiger partial charge in [0.05, 0.1) is 18.9 Å². The van der Waals surface area contributed by atoms with Gasteiger partial charge < -0.3 is 19.5 Å². The van der Waals surface area contributed by atoms with Crippen LogP contribution in [0.3, 0.4) is 0 Å². The Morgan fingerprint density at radius 1 is 1.35 bits per heavy atom. The molecule has 2 rings (SSSR count). The minimum Gasteiger partial charge on any atom is -0.490 e. The number of aliphatic hydroxyl groups is 1. The summed E-state index contributed by atoms with van der Waals surface area (Å²) in [6.07, 6.45) is 2.83. The molecule has 126 valence electrons. The number of amides is 1. The standard InChI is InChI=1S/C18H25NO4/c1-5-9-19-14-10-13(12-20)11-15(22-8-4)16(14)23-18(6-2,7-3)17(19)21/h5,10-11,20H,1,6-9,12H2,2-4H3. The van der Waals surface area contributed by atoms with Crippen LogP contribution in [0.15, 0.2) is 24.8 Å². The fourth-order valence-electron chi connectivity index (χ4n) is 2.90. The molecule has 0 aromatic heterocycles. The van der Waals surface area contributed by atoms with Gasteiger partial charge in [-0.15, -0.1) is 6.58 Å². The summed E-state index contributed by atoms with van der Waals surface area (Å²) in [7, 11) is 0. The molecule has 1 aromatic rings. The summed E-state index contributed by atoms with van der Waals surface area (Å²) < 4.78 is 11.8. The summed E-state index contributed by atoms with van der Waals surface area (Å²) in [5, 5.41) is 9.49. The number of rotatable bonds is 7. The van der Waals surface area contributed by atoms with Crippen molar-refractivity contribution in [2.45, 2.75) is 45.8 Å². The fourth-order valence-corrected chi connectivity index (χ4v) is 2.90. The van der Waals surface area contributed by atoms with Crippen LogP contribution in [-0.2, 0) is 11.4 Å². The number of aliphatic hydroxyl groups excluding tert-OH is 1. The Morgan fingerprint density at radius 3 is 2.57 bits per heavy atom. The van der Waals surface area contributed by atoms with Gasteiger partial charge in [0, 0.05) is 6.54 Å².